The van der Waals surface area contributed by atoms with Gasteiger partial charge in [-0.15, -0.1) is 0 Å². The maximum Gasteiger partial charge on any atom is 0.163 e. The molecule has 0 aromatic heterocycles. The third-order valence-corrected chi connectivity index (χ3v) is 3.55. The van der Waals surface area contributed by atoms with Crippen molar-refractivity contribution in [1.82, 2.24) is 0 Å². The van der Waals surface area contributed by atoms with E-state index in [2.05, 4.69) is 0 Å². The van der Waals surface area contributed by atoms with Crippen LogP contribution in [0.1, 0.15) is 34.3 Å². The Bertz CT molecular complexity index is 675. The van der Waals surface area contributed by atoms with Crippen LogP contribution in [0.25, 0.3) is 0 Å². The highest BCUT2D eigenvalue weighted by molar-refractivity contribution is 5.98. The van der Waals surface area contributed by atoms with E-state index in [4.69, 9.17) is 4.74 Å². The average Bonchev–Trinajstić information content (AvgIpc) is 2.44. The summed E-state index contributed by atoms with van der Waals surface area (Å²) in [6.07, 6.45) is 2.30. The molecule has 2 aromatic carbocycles. The van der Waals surface area contributed by atoms with Gasteiger partial charge in [0.15, 0.2) is 5.78 Å². The summed E-state index contributed by atoms with van der Waals surface area (Å²) in [7, 11) is 0. The summed E-state index contributed by atoms with van der Waals surface area (Å²) < 4.78 is 31.7. The molecule has 0 radical (unpaired) electrons. The Labute approximate surface area is 121 Å². The third kappa shape index (κ3) is 3.10. The largest absolute Gasteiger partial charge is 0.489 e. The zero-order chi connectivity index (χ0) is 14.8. The van der Waals surface area contributed by atoms with Gasteiger partial charge in [-0.2, -0.15) is 0 Å². The smallest absolute Gasteiger partial charge is 0.163 e. The molecule has 3 rings (SSSR count). The minimum Gasteiger partial charge on any atom is -0.489 e. The number of halogens is 2. The molecule has 4 heteroatoms. The molecule has 108 valence electrons. The van der Waals surface area contributed by atoms with Gasteiger partial charge in [0.2, 0.25) is 0 Å². The van der Waals surface area contributed by atoms with Crippen LogP contribution in [0.4, 0.5) is 8.78 Å². The summed E-state index contributed by atoms with van der Waals surface area (Å²) in [6.45, 7) is 0.0847. The van der Waals surface area contributed by atoms with Crippen LogP contribution >= 0.6 is 0 Å². The SMILES string of the molecule is O=C1CCCc2cc(OCc3cc(F)cc(F)c3)ccc21. The standard InChI is InChI=1S/C17H14F2O2/c18-13-6-11(7-14(19)9-13)10-21-15-4-5-16-12(8-15)2-1-3-17(16)20/h4-9H,1-3,10H2. The van der Waals surface area contributed by atoms with Crippen molar-refractivity contribution in [2.75, 3.05) is 0 Å². The molecule has 21 heavy (non-hydrogen) atoms. The van der Waals surface area contributed by atoms with Crippen LogP contribution in [0, 0.1) is 11.6 Å². The molecule has 0 aliphatic heterocycles. The van der Waals surface area contributed by atoms with Gasteiger partial charge in [-0.1, -0.05) is 0 Å². The van der Waals surface area contributed by atoms with Gasteiger partial charge >= 0.3 is 0 Å². The summed E-state index contributed by atoms with van der Waals surface area (Å²) in [4.78, 5) is 11.7. The van der Waals surface area contributed by atoms with Crippen LogP contribution < -0.4 is 4.74 Å². The van der Waals surface area contributed by atoms with Crippen molar-refractivity contribution in [3.8, 4) is 5.75 Å². The molecule has 0 saturated heterocycles. The van der Waals surface area contributed by atoms with Gasteiger partial charge in [0.05, 0.1) is 0 Å². The molecule has 2 nitrogen and oxygen atoms in total. The minimum absolute atomic E-state index is 0.0847. The van der Waals surface area contributed by atoms with E-state index in [1.54, 1.807) is 12.1 Å². The molecule has 2 aromatic rings. The Morgan fingerprint density at radius 3 is 2.52 bits per heavy atom. The molecule has 0 amide bonds. The predicted octanol–water partition coefficient (Wildman–Crippen LogP) is 4.06. The molecule has 0 unspecified atom stereocenters. The molecule has 0 spiro atoms. The number of ether oxygens (including phenoxy) is 1. The van der Waals surface area contributed by atoms with Crippen molar-refractivity contribution >= 4 is 5.78 Å². The Morgan fingerprint density at radius 2 is 1.76 bits per heavy atom. The summed E-state index contributed by atoms with van der Waals surface area (Å²) in [5.74, 6) is -0.475. The van der Waals surface area contributed by atoms with Gasteiger partial charge in [-0.3, -0.25) is 4.79 Å². The maximum atomic E-state index is 13.1. The topological polar surface area (TPSA) is 26.3 Å². The summed E-state index contributed by atoms with van der Waals surface area (Å²) in [6, 6.07) is 8.63. The lowest BCUT2D eigenvalue weighted by Gasteiger charge is -2.16. The fourth-order valence-electron chi connectivity index (χ4n) is 2.57. The number of benzene rings is 2. The second kappa shape index (κ2) is 5.64. The second-order valence-corrected chi connectivity index (χ2v) is 5.16. The zero-order valence-corrected chi connectivity index (χ0v) is 11.4. The fraction of sp³-hybridized carbons (Fsp3) is 0.235. The highest BCUT2D eigenvalue weighted by atomic mass is 19.1. The Morgan fingerprint density at radius 1 is 1.00 bits per heavy atom. The van der Waals surface area contributed by atoms with Crippen LogP contribution in [0.2, 0.25) is 0 Å². The zero-order valence-electron chi connectivity index (χ0n) is 11.4. The third-order valence-electron chi connectivity index (χ3n) is 3.55. The van der Waals surface area contributed by atoms with Crippen molar-refractivity contribution < 1.29 is 18.3 Å². The number of hydrogen-bond acceptors (Lipinski definition) is 2. The van der Waals surface area contributed by atoms with Gasteiger partial charge in [-0.05, 0) is 54.3 Å². The number of ketones is 1. The van der Waals surface area contributed by atoms with E-state index < -0.39 is 11.6 Å². The van der Waals surface area contributed by atoms with E-state index >= 15 is 0 Å². The van der Waals surface area contributed by atoms with Crippen molar-refractivity contribution in [2.24, 2.45) is 0 Å². The molecular weight excluding hydrogens is 274 g/mol. The van der Waals surface area contributed by atoms with Crippen LogP contribution in [-0.4, -0.2) is 5.78 Å². The highest BCUT2D eigenvalue weighted by Crippen LogP contribution is 2.26. The normalized spacial score (nSPS) is 13.9. The number of hydrogen-bond donors (Lipinski definition) is 0. The number of fused-ring (bicyclic) bond motifs is 1. The highest BCUT2D eigenvalue weighted by Gasteiger charge is 2.17. The Kier molecular flexibility index (Phi) is 3.69. The molecule has 0 N–H and O–H groups in total. The predicted molar refractivity (Wildman–Crippen MR) is 74.4 cm³/mol. The molecule has 1 aliphatic rings. The maximum absolute atomic E-state index is 13.1. The van der Waals surface area contributed by atoms with E-state index in [0.717, 1.165) is 30.0 Å². The van der Waals surface area contributed by atoms with Crippen LogP contribution in [0.15, 0.2) is 36.4 Å². The molecule has 0 atom stereocenters. The van der Waals surface area contributed by atoms with E-state index in [9.17, 15) is 13.6 Å². The first-order valence-electron chi connectivity index (χ1n) is 6.86. The van der Waals surface area contributed by atoms with Gasteiger partial charge < -0.3 is 4.74 Å². The van der Waals surface area contributed by atoms with E-state index in [1.165, 1.54) is 12.1 Å². The summed E-state index contributed by atoms with van der Waals surface area (Å²) in [5.41, 5.74) is 2.17. The minimum atomic E-state index is -0.621. The average molecular weight is 288 g/mol. The number of carbonyl (C=O) groups is 1. The monoisotopic (exact) mass is 288 g/mol. The quantitative estimate of drug-likeness (QED) is 0.851. The van der Waals surface area contributed by atoms with Gasteiger partial charge in [0, 0.05) is 18.1 Å². The number of rotatable bonds is 3. The number of carbonyl (C=O) groups excluding carboxylic acids is 1. The van der Waals surface area contributed by atoms with Crippen molar-refractivity contribution in [2.45, 2.75) is 25.9 Å². The summed E-state index contributed by atoms with van der Waals surface area (Å²) >= 11 is 0. The van der Waals surface area contributed by atoms with Crippen LogP contribution in [0.5, 0.6) is 5.75 Å². The Balaban J connectivity index is 1.75. The van der Waals surface area contributed by atoms with E-state index in [0.29, 0.717) is 17.7 Å². The second-order valence-electron chi connectivity index (χ2n) is 5.16. The van der Waals surface area contributed by atoms with E-state index in [1.807, 2.05) is 6.07 Å². The lowest BCUT2D eigenvalue weighted by Crippen LogP contribution is -2.10. The molecule has 0 fully saturated rings. The Hall–Kier alpha value is -2.23. The molecule has 1 aliphatic carbocycles. The molecular formula is C17H14F2O2. The molecule has 0 saturated carbocycles. The first kappa shape index (κ1) is 13.7. The van der Waals surface area contributed by atoms with Crippen molar-refractivity contribution in [3.63, 3.8) is 0 Å². The number of Topliss-reactive ketones (excluding diaryl/α,β-unsaturated/α-hetero) is 1. The van der Waals surface area contributed by atoms with Crippen molar-refractivity contribution in [3.05, 3.63) is 64.7 Å². The summed E-state index contributed by atoms with van der Waals surface area (Å²) in [5, 5.41) is 0. The first-order chi connectivity index (χ1) is 10.1. The fourth-order valence-corrected chi connectivity index (χ4v) is 2.57. The molecule has 0 heterocycles. The van der Waals surface area contributed by atoms with Crippen LogP contribution in [0.3, 0.4) is 0 Å². The molecule has 0 bridgehead atoms. The first-order valence-corrected chi connectivity index (χ1v) is 6.86. The van der Waals surface area contributed by atoms with Crippen molar-refractivity contribution in [1.29, 1.82) is 0 Å². The number of aryl methyl sites for hydroxylation is 1. The lowest BCUT2D eigenvalue weighted by molar-refractivity contribution is 0.0972. The van der Waals surface area contributed by atoms with E-state index in [-0.39, 0.29) is 12.4 Å². The van der Waals surface area contributed by atoms with Crippen LogP contribution in [-0.2, 0) is 13.0 Å². The van der Waals surface area contributed by atoms with Gasteiger partial charge in [0.25, 0.3) is 0 Å². The van der Waals surface area contributed by atoms with Gasteiger partial charge in [-0.25, -0.2) is 8.78 Å². The lowest BCUT2D eigenvalue weighted by atomic mass is 9.90. The van der Waals surface area contributed by atoms with Gasteiger partial charge in [0.1, 0.15) is 24.0 Å².